The third-order valence-electron chi connectivity index (χ3n) is 4.91. The first-order chi connectivity index (χ1) is 14.8. The first-order valence-electron chi connectivity index (χ1n) is 10.4. The molecule has 30 heavy (non-hydrogen) atoms. The minimum absolute atomic E-state index is 0.286. The molecule has 160 valence electrons. The van der Waals surface area contributed by atoms with Crippen LogP contribution in [0.1, 0.15) is 25.0 Å². The molecule has 0 bridgehead atoms. The maximum Gasteiger partial charge on any atom is 0.191 e. The monoisotopic (exact) mass is 428 g/mol. The summed E-state index contributed by atoms with van der Waals surface area (Å²) in [5, 5.41) is 7.48. The van der Waals surface area contributed by atoms with Crippen molar-refractivity contribution in [3.05, 3.63) is 42.2 Å². The molecule has 0 spiro atoms. The third-order valence-corrected chi connectivity index (χ3v) is 5.96. The number of hydrogen-bond acceptors (Lipinski definition) is 6. The van der Waals surface area contributed by atoms with Crippen LogP contribution < -0.4 is 10.6 Å². The molecule has 7 nitrogen and oxygen atoms in total. The van der Waals surface area contributed by atoms with E-state index in [1.54, 1.807) is 18.4 Å². The summed E-state index contributed by atoms with van der Waals surface area (Å²) >= 11 is 1.64. The van der Waals surface area contributed by atoms with Gasteiger partial charge in [0, 0.05) is 26.8 Å². The van der Waals surface area contributed by atoms with Gasteiger partial charge in [-0.3, -0.25) is 4.99 Å². The number of hydrogen-bond donors (Lipinski definition) is 2. The van der Waals surface area contributed by atoms with Crippen molar-refractivity contribution in [3.8, 4) is 10.8 Å². The lowest BCUT2D eigenvalue weighted by molar-refractivity contribution is 0.0168. The second-order valence-corrected chi connectivity index (χ2v) is 8.20. The fraction of sp³-hybridized carbons (Fsp3) is 0.455. The van der Waals surface area contributed by atoms with Crippen molar-refractivity contribution in [1.82, 2.24) is 15.6 Å². The molecule has 1 saturated heterocycles. The van der Waals surface area contributed by atoms with Crippen molar-refractivity contribution >= 4 is 27.5 Å². The highest BCUT2D eigenvalue weighted by atomic mass is 32.1. The highest BCUT2D eigenvalue weighted by Gasteiger charge is 2.15. The maximum absolute atomic E-state index is 5.97. The third kappa shape index (κ3) is 5.59. The highest BCUT2D eigenvalue weighted by molar-refractivity contribution is 7.21. The van der Waals surface area contributed by atoms with Crippen molar-refractivity contribution in [2.45, 2.75) is 31.9 Å². The van der Waals surface area contributed by atoms with Gasteiger partial charge in [-0.15, -0.1) is 11.3 Å². The highest BCUT2D eigenvalue weighted by Crippen LogP contribution is 2.31. The number of ether oxygens (including phenoxy) is 2. The van der Waals surface area contributed by atoms with Gasteiger partial charge in [0.1, 0.15) is 5.76 Å². The molecule has 8 heteroatoms. The van der Waals surface area contributed by atoms with E-state index in [0.29, 0.717) is 19.8 Å². The van der Waals surface area contributed by atoms with Crippen LogP contribution in [0.25, 0.3) is 21.0 Å². The Morgan fingerprint density at radius 3 is 3.03 bits per heavy atom. The smallest absolute Gasteiger partial charge is 0.191 e. The van der Waals surface area contributed by atoms with Gasteiger partial charge in [-0.1, -0.05) is 12.1 Å². The lowest BCUT2D eigenvalue weighted by atomic mass is 10.2. The minimum Gasteiger partial charge on any atom is -0.457 e. The number of aliphatic imine (C=N–C) groups is 1. The van der Waals surface area contributed by atoms with Crippen molar-refractivity contribution < 1.29 is 13.9 Å². The lowest BCUT2D eigenvalue weighted by Gasteiger charge is -2.12. The van der Waals surface area contributed by atoms with Gasteiger partial charge in [-0.05, 0) is 43.5 Å². The topological polar surface area (TPSA) is 80.9 Å². The second-order valence-electron chi connectivity index (χ2n) is 7.17. The van der Waals surface area contributed by atoms with Gasteiger partial charge in [0.25, 0.3) is 0 Å². The summed E-state index contributed by atoms with van der Waals surface area (Å²) in [5.41, 5.74) is 0.998. The average Bonchev–Trinajstić information content (AvgIpc) is 3.52. The Hall–Kier alpha value is -2.42. The SMILES string of the molecule is CN=C(NCCCOCC1CCCO1)NCc1ccc(-c2nc3ccccc3s2)o1. The van der Waals surface area contributed by atoms with E-state index in [2.05, 4.69) is 26.7 Å². The quantitative estimate of drug-likeness (QED) is 0.306. The number of fused-ring (bicyclic) bond motifs is 1. The maximum atomic E-state index is 5.97. The molecular weight excluding hydrogens is 400 g/mol. The number of thiazole rings is 1. The largest absolute Gasteiger partial charge is 0.457 e. The molecule has 4 rings (SSSR count). The summed E-state index contributed by atoms with van der Waals surface area (Å²) in [6.45, 7) is 3.63. The van der Waals surface area contributed by atoms with Gasteiger partial charge in [-0.2, -0.15) is 0 Å². The van der Waals surface area contributed by atoms with E-state index in [9.17, 15) is 0 Å². The number of furan rings is 1. The molecule has 1 aliphatic rings. The summed E-state index contributed by atoms with van der Waals surface area (Å²) in [7, 11) is 1.76. The average molecular weight is 429 g/mol. The summed E-state index contributed by atoms with van der Waals surface area (Å²) in [4.78, 5) is 8.91. The summed E-state index contributed by atoms with van der Waals surface area (Å²) in [6, 6.07) is 12.1. The predicted octanol–water partition coefficient (Wildman–Crippen LogP) is 3.81. The van der Waals surface area contributed by atoms with Gasteiger partial charge in [0.15, 0.2) is 16.7 Å². The van der Waals surface area contributed by atoms with Crippen LogP contribution in [-0.2, 0) is 16.0 Å². The first-order valence-corrected chi connectivity index (χ1v) is 11.2. The van der Waals surface area contributed by atoms with Crippen LogP contribution in [0, 0.1) is 0 Å². The van der Waals surface area contributed by atoms with Crippen LogP contribution >= 0.6 is 11.3 Å². The molecular formula is C22H28N4O3S. The zero-order valence-corrected chi connectivity index (χ0v) is 18.0. The molecule has 1 atom stereocenters. The van der Waals surface area contributed by atoms with Gasteiger partial charge < -0.3 is 24.5 Å². The Bertz CT molecular complexity index is 929. The standard InChI is InChI=1S/C22H28N4O3S/c1-23-22(24-11-5-12-27-15-17-6-4-13-28-17)25-14-16-9-10-19(29-16)21-26-18-7-2-3-8-20(18)30-21/h2-3,7-10,17H,4-6,11-15H2,1H3,(H2,23,24,25). The van der Waals surface area contributed by atoms with E-state index in [4.69, 9.17) is 13.9 Å². The van der Waals surface area contributed by atoms with Crippen LogP contribution in [0.2, 0.25) is 0 Å². The number of guanidine groups is 1. The van der Waals surface area contributed by atoms with Crippen LogP contribution in [-0.4, -0.2) is 50.5 Å². The summed E-state index contributed by atoms with van der Waals surface area (Å²) < 4.78 is 18.4. The van der Waals surface area contributed by atoms with Gasteiger partial charge in [-0.25, -0.2) is 4.98 Å². The number of aromatic nitrogens is 1. The minimum atomic E-state index is 0.286. The summed E-state index contributed by atoms with van der Waals surface area (Å²) in [5.74, 6) is 2.37. The number of para-hydroxylation sites is 1. The Morgan fingerprint density at radius 2 is 2.20 bits per heavy atom. The van der Waals surface area contributed by atoms with Gasteiger partial charge in [0.2, 0.25) is 0 Å². The van der Waals surface area contributed by atoms with Crippen molar-refractivity contribution in [2.75, 3.05) is 33.4 Å². The lowest BCUT2D eigenvalue weighted by Crippen LogP contribution is -2.37. The van der Waals surface area contributed by atoms with Crippen LogP contribution in [0.5, 0.6) is 0 Å². The molecule has 0 saturated carbocycles. The van der Waals surface area contributed by atoms with Crippen LogP contribution in [0.15, 0.2) is 45.8 Å². The molecule has 2 N–H and O–H groups in total. The second kappa shape index (κ2) is 10.6. The van der Waals surface area contributed by atoms with E-state index in [1.165, 1.54) is 0 Å². The van der Waals surface area contributed by atoms with Crippen LogP contribution in [0.3, 0.4) is 0 Å². The fourth-order valence-corrected chi connectivity index (χ4v) is 4.26. The zero-order chi connectivity index (χ0) is 20.6. The molecule has 0 amide bonds. The molecule has 0 radical (unpaired) electrons. The molecule has 1 fully saturated rings. The Balaban J connectivity index is 1.18. The molecule has 3 heterocycles. The van der Waals surface area contributed by atoms with Gasteiger partial charge in [0.05, 0.1) is 29.5 Å². The first kappa shape index (κ1) is 20.8. The van der Waals surface area contributed by atoms with E-state index in [0.717, 1.165) is 65.1 Å². The van der Waals surface area contributed by atoms with Gasteiger partial charge >= 0.3 is 0 Å². The van der Waals surface area contributed by atoms with Crippen molar-refractivity contribution in [2.24, 2.45) is 4.99 Å². The van der Waals surface area contributed by atoms with E-state index < -0.39 is 0 Å². The molecule has 1 unspecified atom stereocenters. The van der Waals surface area contributed by atoms with Crippen LogP contribution in [0.4, 0.5) is 0 Å². The molecule has 3 aromatic rings. The van der Waals surface area contributed by atoms with Crippen molar-refractivity contribution in [1.29, 1.82) is 0 Å². The number of nitrogens with zero attached hydrogens (tertiary/aromatic N) is 2. The van der Waals surface area contributed by atoms with Crippen molar-refractivity contribution in [3.63, 3.8) is 0 Å². The normalized spacial score (nSPS) is 17.0. The van der Waals surface area contributed by atoms with E-state index in [-0.39, 0.29) is 6.10 Å². The molecule has 2 aromatic heterocycles. The Labute approximate surface area is 180 Å². The number of benzene rings is 1. The Kier molecular flexibility index (Phi) is 7.34. The molecule has 1 aromatic carbocycles. The number of rotatable bonds is 9. The predicted molar refractivity (Wildman–Crippen MR) is 120 cm³/mol. The summed E-state index contributed by atoms with van der Waals surface area (Å²) in [6.07, 6.45) is 3.46. The molecule has 1 aliphatic heterocycles. The zero-order valence-electron chi connectivity index (χ0n) is 17.2. The van der Waals surface area contributed by atoms with E-state index in [1.807, 2.05) is 30.3 Å². The molecule has 0 aliphatic carbocycles. The Morgan fingerprint density at radius 1 is 1.27 bits per heavy atom. The fourth-order valence-electron chi connectivity index (χ4n) is 3.33. The number of nitrogens with one attached hydrogen (secondary N) is 2. The van der Waals surface area contributed by atoms with E-state index >= 15 is 0 Å².